The smallest absolute Gasteiger partial charge is 0.261 e. The Balaban J connectivity index is 1.28. The molecule has 0 aliphatic carbocycles. The molecule has 0 bridgehead atoms. The zero-order chi connectivity index (χ0) is 28.8. The van der Waals surface area contributed by atoms with E-state index in [2.05, 4.69) is 16.8 Å². The third-order valence-corrected chi connectivity index (χ3v) is 9.12. The van der Waals surface area contributed by atoms with E-state index in [1.165, 1.54) is 4.88 Å². The Hall–Kier alpha value is -3.40. The number of nitrogens with two attached hydrogens (primary N) is 1. The molecular formula is C31H35ClN5O3S. The summed E-state index contributed by atoms with van der Waals surface area (Å²) in [6, 6.07) is 21.1. The van der Waals surface area contributed by atoms with Crippen molar-refractivity contribution >= 4 is 46.3 Å². The maximum atomic E-state index is 14.2. The minimum absolute atomic E-state index is 0.0650. The first-order valence-electron chi connectivity index (χ1n) is 13.9. The van der Waals surface area contributed by atoms with Crippen LogP contribution in [0, 0.1) is 6.42 Å². The lowest BCUT2D eigenvalue weighted by molar-refractivity contribution is -0.139. The Labute approximate surface area is 250 Å². The van der Waals surface area contributed by atoms with Crippen LogP contribution >= 0.6 is 22.9 Å². The SMILES string of the molecule is NC(=O)[C@H]1N(CCNCCc2cccs2)C(=O)C2(CCN(C(=O)[CH]Cc3ccc(Cl)cc3)CC2)N1c1ccccc1. The molecule has 3 aromatic rings. The largest absolute Gasteiger partial charge is 0.366 e. The molecule has 1 aromatic heterocycles. The lowest BCUT2D eigenvalue weighted by Crippen LogP contribution is -2.59. The van der Waals surface area contributed by atoms with Crippen molar-refractivity contribution in [2.24, 2.45) is 5.73 Å². The molecule has 2 aromatic carbocycles. The molecule has 8 nitrogen and oxygen atoms in total. The third kappa shape index (κ3) is 6.42. The number of para-hydroxylation sites is 1. The fourth-order valence-electron chi connectivity index (χ4n) is 5.83. The number of carbonyl (C=O) groups excluding carboxylic acids is 3. The number of likely N-dealkylation sites (tertiary alicyclic amines) is 1. The molecule has 1 atom stereocenters. The maximum absolute atomic E-state index is 14.2. The van der Waals surface area contributed by atoms with Gasteiger partial charge in [0.15, 0.2) is 6.17 Å². The summed E-state index contributed by atoms with van der Waals surface area (Å²) in [6.45, 7) is 2.50. The number of piperidine rings is 1. The summed E-state index contributed by atoms with van der Waals surface area (Å²) in [6.07, 6.45) is 3.00. The van der Waals surface area contributed by atoms with Crippen LogP contribution in [0.25, 0.3) is 0 Å². The average Bonchev–Trinajstić information content (AvgIpc) is 3.59. The lowest BCUT2D eigenvalue weighted by Gasteiger charge is -2.44. The van der Waals surface area contributed by atoms with Gasteiger partial charge in [0, 0.05) is 48.3 Å². The number of nitrogens with one attached hydrogen (secondary N) is 1. The molecule has 0 saturated carbocycles. The number of halogens is 1. The van der Waals surface area contributed by atoms with Gasteiger partial charge in [-0.25, -0.2) is 0 Å². The number of primary amides is 1. The summed E-state index contributed by atoms with van der Waals surface area (Å²) in [4.78, 5) is 46.8. The fraction of sp³-hybridized carbons (Fsp3) is 0.355. The van der Waals surface area contributed by atoms with Gasteiger partial charge in [0.1, 0.15) is 5.54 Å². The van der Waals surface area contributed by atoms with E-state index in [-0.39, 0.29) is 11.8 Å². The molecule has 0 unspecified atom stereocenters. The predicted molar refractivity (Wildman–Crippen MR) is 163 cm³/mol. The average molecular weight is 593 g/mol. The molecule has 1 spiro atoms. The van der Waals surface area contributed by atoms with E-state index in [9.17, 15) is 14.4 Å². The van der Waals surface area contributed by atoms with Crippen LogP contribution in [0.5, 0.6) is 0 Å². The quantitative estimate of drug-likeness (QED) is 0.332. The molecule has 3 heterocycles. The second-order valence-corrected chi connectivity index (χ2v) is 11.9. The van der Waals surface area contributed by atoms with Crippen molar-refractivity contribution in [3.05, 3.63) is 94.0 Å². The van der Waals surface area contributed by atoms with Crippen molar-refractivity contribution in [3.63, 3.8) is 0 Å². The molecule has 3 amide bonds. The first-order valence-corrected chi connectivity index (χ1v) is 15.2. The van der Waals surface area contributed by atoms with Gasteiger partial charge in [-0.1, -0.05) is 48.0 Å². The van der Waals surface area contributed by atoms with Crippen LogP contribution in [0.15, 0.2) is 72.1 Å². The summed E-state index contributed by atoms with van der Waals surface area (Å²) in [5.74, 6) is -0.736. The molecule has 10 heteroatoms. The van der Waals surface area contributed by atoms with Gasteiger partial charge in [-0.15, -0.1) is 11.3 Å². The zero-order valence-corrected chi connectivity index (χ0v) is 24.4. The van der Waals surface area contributed by atoms with Gasteiger partial charge in [-0.3, -0.25) is 14.4 Å². The third-order valence-electron chi connectivity index (χ3n) is 7.93. The van der Waals surface area contributed by atoms with E-state index in [0.717, 1.165) is 24.2 Å². The number of amides is 3. The van der Waals surface area contributed by atoms with Gasteiger partial charge < -0.3 is 25.8 Å². The van der Waals surface area contributed by atoms with Crippen LogP contribution in [0.2, 0.25) is 5.02 Å². The van der Waals surface area contributed by atoms with Crippen LogP contribution in [0.3, 0.4) is 0 Å². The highest BCUT2D eigenvalue weighted by Gasteiger charge is 2.60. The fourth-order valence-corrected chi connectivity index (χ4v) is 6.67. The Kier molecular flexibility index (Phi) is 9.27. The van der Waals surface area contributed by atoms with Crippen LogP contribution in [-0.4, -0.2) is 71.9 Å². The first-order chi connectivity index (χ1) is 19.9. The number of carbonyl (C=O) groups is 3. The molecule has 5 rings (SSSR count). The lowest BCUT2D eigenvalue weighted by atomic mass is 9.85. The number of benzene rings is 2. The number of nitrogens with zero attached hydrogens (tertiary/aromatic N) is 3. The molecule has 215 valence electrons. The predicted octanol–water partition coefficient (Wildman–Crippen LogP) is 3.50. The van der Waals surface area contributed by atoms with Crippen LogP contribution in [0.4, 0.5) is 5.69 Å². The molecule has 41 heavy (non-hydrogen) atoms. The van der Waals surface area contributed by atoms with E-state index >= 15 is 0 Å². The van der Waals surface area contributed by atoms with Crippen molar-refractivity contribution < 1.29 is 14.4 Å². The summed E-state index contributed by atoms with van der Waals surface area (Å²) in [7, 11) is 0. The van der Waals surface area contributed by atoms with Crippen molar-refractivity contribution in [3.8, 4) is 0 Å². The second-order valence-electron chi connectivity index (χ2n) is 10.5. The molecule has 1 radical (unpaired) electrons. The van der Waals surface area contributed by atoms with Gasteiger partial charge in [-0.2, -0.15) is 0 Å². The highest BCUT2D eigenvalue weighted by molar-refractivity contribution is 7.09. The number of thiophene rings is 1. The molecule has 3 N–H and O–H groups in total. The van der Waals surface area contributed by atoms with E-state index in [0.29, 0.717) is 50.5 Å². The van der Waals surface area contributed by atoms with Gasteiger partial charge in [-0.05, 0) is 67.0 Å². The van der Waals surface area contributed by atoms with E-state index < -0.39 is 17.6 Å². The first kappa shape index (κ1) is 29.1. The number of hydrogen-bond donors (Lipinski definition) is 2. The van der Waals surface area contributed by atoms with Crippen LogP contribution in [0.1, 0.15) is 23.3 Å². The van der Waals surface area contributed by atoms with Crippen LogP contribution in [-0.2, 0) is 27.2 Å². The Morgan fingerprint density at radius 1 is 1.02 bits per heavy atom. The molecular weight excluding hydrogens is 558 g/mol. The molecule has 2 fully saturated rings. The Morgan fingerprint density at radius 3 is 2.41 bits per heavy atom. The number of anilines is 1. The normalized spacial score (nSPS) is 18.3. The van der Waals surface area contributed by atoms with Gasteiger partial charge in [0.05, 0.1) is 6.42 Å². The van der Waals surface area contributed by atoms with Crippen molar-refractivity contribution in [1.82, 2.24) is 15.1 Å². The summed E-state index contributed by atoms with van der Waals surface area (Å²) >= 11 is 7.69. The second kappa shape index (κ2) is 13.1. The molecule has 2 aliphatic heterocycles. The molecule has 2 saturated heterocycles. The summed E-state index contributed by atoms with van der Waals surface area (Å²) in [5.41, 5.74) is 6.79. The van der Waals surface area contributed by atoms with E-state index in [1.807, 2.05) is 65.6 Å². The number of hydrogen-bond acceptors (Lipinski definition) is 6. The minimum atomic E-state index is -0.953. The topological polar surface area (TPSA) is 99.0 Å². The van der Waals surface area contributed by atoms with E-state index in [1.54, 1.807) is 27.6 Å². The highest BCUT2D eigenvalue weighted by atomic mass is 35.5. The van der Waals surface area contributed by atoms with Crippen molar-refractivity contribution in [2.45, 2.75) is 37.4 Å². The zero-order valence-electron chi connectivity index (χ0n) is 22.9. The van der Waals surface area contributed by atoms with Gasteiger partial charge in [0.2, 0.25) is 5.91 Å². The Bertz CT molecular complexity index is 1330. The number of rotatable bonds is 11. The molecule has 2 aliphatic rings. The van der Waals surface area contributed by atoms with Gasteiger partial charge in [0.25, 0.3) is 11.8 Å². The highest BCUT2D eigenvalue weighted by Crippen LogP contribution is 2.42. The van der Waals surface area contributed by atoms with Crippen LogP contribution < -0.4 is 16.0 Å². The maximum Gasteiger partial charge on any atom is 0.261 e. The Morgan fingerprint density at radius 2 is 1.76 bits per heavy atom. The van der Waals surface area contributed by atoms with Crippen molar-refractivity contribution in [1.29, 1.82) is 0 Å². The minimum Gasteiger partial charge on any atom is -0.366 e. The van der Waals surface area contributed by atoms with E-state index in [4.69, 9.17) is 17.3 Å². The summed E-state index contributed by atoms with van der Waals surface area (Å²) < 4.78 is 0. The monoisotopic (exact) mass is 592 g/mol. The van der Waals surface area contributed by atoms with Gasteiger partial charge >= 0.3 is 0 Å². The standard InChI is InChI=1S/C31H35ClN5O3S/c32-24-11-8-23(9-12-24)10-13-27(38)35-19-15-31(16-20-35)30(40)36(21-18-34-17-14-26-7-4-22-41-26)29(28(33)39)37(31)25-5-2-1-3-6-25/h1-9,11-13,22,29,34H,10,14-21H2,(H2,33,39)/t29-/m0/s1. The summed E-state index contributed by atoms with van der Waals surface area (Å²) in [5, 5.41) is 6.12. The van der Waals surface area contributed by atoms with Crippen molar-refractivity contribution in [2.75, 3.05) is 37.6 Å².